The van der Waals surface area contributed by atoms with Gasteiger partial charge in [0.1, 0.15) is 11.5 Å². The first-order valence-corrected chi connectivity index (χ1v) is 7.89. The molecule has 0 unspecified atom stereocenters. The molecule has 0 radical (unpaired) electrons. The van der Waals surface area contributed by atoms with Crippen molar-refractivity contribution >= 4 is 34.3 Å². The number of benzene rings is 3. The average molecular weight is 336 g/mol. The molecule has 0 amide bonds. The van der Waals surface area contributed by atoms with Crippen molar-refractivity contribution in [1.29, 1.82) is 0 Å². The van der Waals surface area contributed by atoms with Gasteiger partial charge in [0.15, 0.2) is 0 Å². The lowest BCUT2D eigenvalue weighted by Gasteiger charge is -2.08. The molecule has 0 saturated heterocycles. The highest BCUT2D eigenvalue weighted by Gasteiger charge is 2.05. The average Bonchev–Trinajstić information content (AvgIpc) is 2.97. The van der Waals surface area contributed by atoms with Crippen LogP contribution in [-0.2, 0) is 0 Å². The van der Waals surface area contributed by atoms with E-state index in [2.05, 4.69) is 15.3 Å². The summed E-state index contributed by atoms with van der Waals surface area (Å²) in [5, 5.41) is 3.93. The van der Waals surface area contributed by atoms with E-state index >= 15 is 0 Å². The van der Waals surface area contributed by atoms with Crippen molar-refractivity contribution in [2.45, 2.75) is 0 Å². The van der Waals surface area contributed by atoms with Crippen LogP contribution in [0.3, 0.4) is 0 Å². The molecule has 0 aliphatic rings. The minimum Gasteiger partial charge on any atom is -0.457 e. The predicted octanol–water partition coefficient (Wildman–Crippen LogP) is 5.75. The molecular formula is C19H14ClN3O. The number of halogens is 1. The normalized spacial score (nSPS) is 10.7. The van der Waals surface area contributed by atoms with Crippen molar-refractivity contribution in [2.24, 2.45) is 0 Å². The molecule has 1 heterocycles. The number of para-hydroxylation sites is 1. The first kappa shape index (κ1) is 14.6. The largest absolute Gasteiger partial charge is 0.457 e. The van der Waals surface area contributed by atoms with E-state index in [0.29, 0.717) is 11.0 Å². The molecule has 0 atom stereocenters. The molecule has 0 aliphatic carbocycles. The SMILES string of the molecule is Clc1ccc2nc(Nc3cccc(Oc4ccccc4)c3)[nH]c2c1. The lowest BCUT2D eigenvalue weighted by Crippen LogP contribution is -1.92. The lowest BCUT2D eigenvalue weighted by molar-refractivity contribution is 0.483. The van der Waals surface area contributed by atoms with Crippen LogP contribution in [0.4, 0.5) is 11.6 Å². The molecule has 1 aromatic heterocycles. The number of nitrogens with zero attached hydrogens (tertiary/aromatic N) is 1. The van der Waals surface area contributed by atoms with Gasteiger partial charge in [0.05, 0.1) is 11.0 Å². The van der Waals surface area contributed by atoms with Crippen molar-refractivity contribution in [1.82, 2.24) is 9.97 Å². The van der Waals surface area contributed by atoms with E-state index in [1.165, 1.54) is 0 Å². The molecule has 4 nitrogen and oxygen atoms in total. The molecule has 3 aromatic carbocycles. The van der Waals surface area contributed by atoms with Crippen LogP contribution in [0.15, 0.2) is 72.8 Å². The van der Waals surface area contributed by atoms with E-state index in [-0.39, 0.29) is 0 Å². The van der Waals surface area contributed by atoms with Crippen LogP contribution in [0, 0.1) is 0 Å². The number of imidazole rings is 1. The van der Waals surface area contributed by atoms with E-state index in [1.807, 2.05) is 72.8 Å². The molecule has 2 N–H and O–H groups in total. The zero-order chi connectivity index (χ0) is 16.4. The Morgan fingerprint density at radius 3 is 2.58 bits per heavy atom. The number of aromatic nitrogens is 2. The summed E-state index contributed by atoms with van der Waals surface area (Å²) in [6.45, 7) is 0. The molecule has 4 rings (SSSR count). The van der Waals surface area contributed by atoms with Crippen molar-refractivity contribution in [3.8, 4) is 11.5 Å². The van der Waals surface area contributed by atoms with E-state index in [4.69, 9.17) is 16.3 Å². The Morgan fingerprint density at radius 1 is 0.875 bits per heavy atom. The zero-order valence-corrected chi connectivity index (χ0v) is 13.4. The quantitative estimate of drug-likeness (QED) is 0.499. The number of aromatic amines is 1. The van der Waals surface area contributed by atoms with Gasteiger partial charge >= 0.3 is 0 Å². The van der Waals surface area contributed by atoms with Crippen molar-refractivity contribution < 1.29 is 4.74 Å². The highest BCUT2D eigenvalue weighted by atomic mass is 35.5. The summed E-state index contributed by atoms with van der Waals surface area (Å²) < 4.78 is 5.84. The third kappa shape index (κ3) is 3.19. The Kier molecular flexibility index (Phi) is 3.81. The van der Waals surface area contributed by atoms with Gasteiger partial charge < -0.3 is 15.0 Å². The van der Waals surface area contributed by atoms with Gasteiger partial charge in [0, 0.05) is 16.8 Å². The first-order chi connectivity index (χ1) is 11.8. The summed E-state index contributed by atoms with van der Waals surface area (Å²) in [5.41, 5.74) is 2.63. The number of hydrogen-bond donors (Lipinski definition) is 2. The second-order valence-corrected chi connectivity index (χ2v) is 5.75. The maximum atomic E-state index is 6.00. The van der Waals surface area contributed by atoms with E-state index in [0.717, 1.165) is 28.2 Å². The Hall–Kier alpha value is -2.98. The number of rotatable bonds is 4. The minimum atomic E-state index is 0.657. The van der Waals surface area contributed by atoms with Crippen LogP contribution in [0.1, 0.15) is 0 Å². The smallest absolute Gasteiger partial charge is 0.205 e. The fraction of sp³-hybridized carbons (Fsp3) is 0. The summed E-state index contributed by atoms with van der Waals surface area (Å²) >= 11 is 6.00. The van der Waals surface area contributed by atoms with Crippen LogP contribution < -0.4 is 10.1 Å². The van der Waals surface area contributed by atoms with Crippen molar-refractivity contribution in [3.05, 3.63) is 77.8 Å². The van der Waals surface area contributed by atoms with Gasteiger partial charge in [0.25, 0.3) is 0 Å². The molecule has 0 aliphatic heterocycles. The Morgan fingerprint density at radius 2 is 1.71 bits per heavy atom. The van der Waals surface area contributed by atoms with E-state index in [1.54, 1.807) is 0 Å². The highest BCUT2D eigenvalue weighted by Crippen LogP contribution is 2.26. The summed E-state index contributed by atoms with van der Waals surface area (Å²) in [6, 6.07) is 23.0. The zero-order valence-electron chi connectivity index (χ0n) is 12.7. The summed E-state index contributed by atoms with van der Waals surface area (Å²) in [6.07, 6.45) is 0. The Labute approximate surface area is 144 Å². The monoisotopic (exact) mass is 335 g/mol. The predicted molar refractivity (Wildman–Crippen MR) is 97.3 cm³/mol. The van der Waals surface area contributed by atoms with Gasteiger partial charge in [-0.1, -0.05) is 35.9 Å². The van der Waals surface area contributed by atoms with Gasteiger partial charge in [-0.3, -0.25) is 0 Å². The molecule has 24 heavy (non-hydrogen) atoms. The number of anilines is 2. The maximum Gasteiger partial charge on any atom is 0.205 e. The molecular weight excluding hydrogens is 322 g/mol. The molecule has 5 heteroatoms. The van der Waals surface area contributed by atoms with Crippen molar-refractivity contribution in [3.63, 3.8) is 0 Å². The third-order valence-electron chi connectivity index (χ3n) is 3.52. The van der Waals surface area contributed by atoms with E-state index < -0.39 is 0 Å². The molecule has 0 saturated carbocycles. The summed E-state index contributed by atoms with van der Waals surface area (Å²) in [4.78, 5) is 7.70. The topological polar surface area (TPSA) is 49.9 Å². The Bertz CT molecular complexity index is 982. The molecule has 0 bridgehead atoms. The molecule has 0 fully saturated rings. The van der Waals surface area contributed by atoms with Crippen LogP contribution >= 0.6 is 11.6 Å². The van der Waals surface area contributed by atoms with Gasteiger partial charge in [-0.25, -0.2) is 4.98 Å². The maximum absolute atomic E-state index is 6.00. The highest BCUT2D eigenvalue weighted by molar-refractivity contribution is 6.31. The van der Waals surface area contributed by atoms with Crippen LogP contribution in [-0.4, -0.2) is 9.97 Å². The fourth-order valence-electron chi connectivity index (χ4n) is 2.44. The molecule has 0 spiro atoms. The molecule has 4 aromatic rings. The van der Waals surface area contributed by atoms with Crippen molar-refractivity contribution in [2.75, 3.05) is 5.32 Å². The van der Waals surface area contributed by atoms with E-state index in [9.17, 15) is 0 Å². The first-order valence-electron chi connectivity index (χ1n) is 7.51. The molecule has 118 valence electrons. The van der Waals surface area contributed by atoms with Gasteiger partial charge in [0.2, 0.25) is 5.95 Å². The number of H-pyrrole nitrogens is 1. The standard InChI is InChI=1S/C19H14ClN3O/c20-13-9-10-17-18(11-13)23-19(22-17)21-14-5-4-8-16(12-14)24-15-6-2-1-3-7-15/h1-12H,(H2,21,22,23). The van der Waals surface area contributed by atoms with Crippen LogP contribution in [0.2, 0.25) is 5.02 Å². The summed E-state index contributed by atoms with van der Waals surface area (Å²) in [5.74, 6) is 2.21. The second kappa shape index (κ2) is 6.26. The third-order valence-corrected chi connectivity index (χ3v) is 3.75. The number of fused-ring (bicyclic) bond motifs is 1. The second-order valence-electron chi connectivity index (χ2n) is 5.31. The van der Waals surface area contributed by atoms with Crippen LogP contribution in [0.25, 0.3) is 11.0 Å². The summed E-state index contributed by atoms with van der Waals surface area (Å²) in [7, 11) is 0. The number of hydrogen-bond acceptors (Lipinski definition) is 3. The van der Waals surface area contributed by atoms with Gasteiger partial charge in [-0.05, 0) is 42.5 Å². The van der Waals surface area contributed by atoms with Gasteiger partial charge in [-0.15, -0.1) is 0 Å². The minimum absolute atomic E-state index is 0.657. The van der Waals surface area contributed by atoms with Gasteiger partial charge in [-0.2, -0.15) is 0 Å². The lowest BCUT2D eigenvalue weighted by atomic mass is 10.3. The number of nitrogens with one attached hydrogen (secondary N) is 2. The van der Waals surface area contributed by atoms with Crippen LogP contribution in [0.5, 0.6) is 11.5 Å². The number of ether oxygens (including phenoxy) is 1. The fourth-order valence-corrected chi connectivity index (χ4v) is 2.61. The Balaban J connectivity index is 1.56.